The van der Waals surface area contributed by atoms with Gasteiger partial charge in [0.2, 0.25) is 11.8 Å². The predicted molar refractivity (Wildman–Crippen MR) is 124 cm³/mol. The second-order valence-electron chi connectivity index (χ2n) is 8.20. The van der Waals surface area contributed by atoms with Crippen LogP contribution in [0.4, 0.5) is 5.69 Å². The normalized spacial score (nSPS) is 18.8. The topological polar surface area (TPSA) is 110 Å². The highest BCUT2D eigenvalue weighted by molar-refractivity contribution is 5.98. The highest BCUT2D eigenvalue weighted by atomic mass is 16.5. The zero-order chi connectivity index (χ0) is 23.4. The van der Waals surface area contributed by atoms with Crippen molar-refractivity contribution in [2.24, 2.45) is 11.7 Å². The minimum atomic E-state index is -0.629. The van der Waals surface area contributed by atoms with Crippen molar-refractivity contribution in [3.63, 3.8) is 0 Å². The summed E-state index contributed by atoms with van der Waals surface area (Å²) >= 11 is 0. The minimum Gasteiger partial charge on any atom is -0.496 e. The number of hydrogen-bond acceptors (Lipinski definition) is 6. The van der Waals surface area contributed by atoms with E-state index in [1.54, 1.807) is 32.2 Å². The van der Waals surface area contributed by atoms with E-state index in [9.17, 15) is 10.1 Å². The second-order valence-corrected chi connectivity index (χ2v) is 8.20. The number of aromatic nitrogens is 1. The van der Waals surface area contributed by atoms with E-state index >= 15 is 0 Å². The fraction of sp³-hybridized carbons (Fsp3) is 0.400. The Balaban J connectivity index is 2.16. The molecule has 0 unspecified atom stereocenters. The van der Waals surface area contributed by atoms with Crippen LogP contribution in [0.3, 0.4) is 0 Å². The number of primary amides is 1. The number of rotatable bonds is 8. The molecule has 1 amide bonds. The number of hydrogen-bond donors (Lipinski definition) is 2. The number of ether oxygens (including phenoxy) is 2. The van der Waals surface area contributed by atoms with E-state index < -0.39 is 11.8 Å². The SMILES string of the molecule is C=C(/C(=C\C(C#N)=C/C)OC)[C@@H]1C(C(N)=O)=C(C)Nc2c(C)cnc(OCC3CCC3)c21. The van der Waals surface area contributed by atoms with Crippen molar-refractivity contribution in [2.45, 2.75) is 46.0 Å². The van der Waals surface area contributed by atoms with Crippen molar-refractivity contribution in [2.75, 3.05) is 19.0 Å². The molecule has 0 aromatic carbocycles. The molecular formula is C25H30N4O3. The molecule has 2 aliphatic rings. The zero-order valence-electron chi connectivity index (χ0n) is 19.1. The predicted octanol–water partition coefficient (Wildman–Crippen LogP) is 4.39. The van der Waals surface area contributed by atoms with Gasteiger partial charge in [-0.2, -0.15) is 5.26 Å². The number of carbonyl (C=O) groups is 1. The molecule has 0 radical (unpaired) electrons. The number of nitrogens with two attached hydrogens (primary N) is 1. The fourth-order valence-corrected chi connectivity index (χ4v) is 4.05. The number of allylic oxidation sites excluding steroid dienone is 5. The standard InChI is InChI=1S/C25H30N4O3/c1-6-17(11-26)10-19(31-5)15(3)20-21(24(27)30)16(4)29-23-14(2)12-28-25(22(20)23)32-13-18-8-7-9-18/h6,10,12,18,20,29H,3,7-9,13H2,1-2,4-5H3,(H2,27,30)/b17-6+,19-10+/t20-/m1/s1. The minimum absolute atomic E-state index is 0.366. The maximum Gasteiger partial charge on any atom is 0.247 e. The Morgan fingerprint density at radius 3 is 2.69 bits per heavy atom. The average molecular weight is 435 g/mol. The van der Waals surface area contributed by atoms with Crippen LogP contribution in [0.2, 0.25) is 0 Å². The third-order valence-corrected chi connectivity index (χ3v) is 6.12. The van der Waals surface area contributed by atoms with Crippen LogP contribution in [0.1, 0.15) is 50.2 Å². The summed E-state index contributed by atoms with van der Waals surface area (Å²) in [5.41, 5.74) is 10.2. The van der Waals surface area contributed by atoms with Crippen molar-refractivity contribution in [3.8, 4) is 11.9 Å². The molecule has 1 aromatic heterocycles. The maximum absolute atomic E-state index is 12.6. The molecule has 32 heavy (non-hydrogen) atoms. The van der Waals surface area contributed by atoms with Gasteiger partial charge in [-0.25, -0.2) is 4.98 Å². The number of nitrogens with zero attached hydrogens (tertiary/aromatic N) is 2. The van der Waals surface area contributed by atoms with Gasteiger partial charge >= 0.3 is 0 Å². The van der Waals surface area contributed by atoms with Crippen LogP contribution in [0, 0.1) is 24.2 Å². The number of carbonyl (C=O) groups excluding carboxylic acids is 1. The Morgan fingerprint density at radius 1 is 1.44 bits per heavy atom. The first-order valence-corrected chi connectivity index (χ1v) is 10.7. The summed E-state index contributed by atoms with van der Waals surface area (Å²) in [6.07, 6.45) is 8.55. The van der Waals surface area contributed by atoms with Crippen LogP contribution >= 0.6 is 0 Å². The molecule has 1 aromatic rings. The maximum atomic E-state index is 12.6. The number of anilines is 1. The van der Waals surface area contributed by atoms with Crippen LogP contribution in [-0.4, -0.2) is 24.6 Å². The van der Waals surface area contributed by atoms with Crippen LogP contribution in [0.15, 0.2) is 53.1 Å². The van der Waals surface area contributed by atoms with E-state index in [1.807, 2.05) is 6.92 Å². The molecule has 7 nitrogen and oxygen atoms in total. The molecule has 0 bridgehead atoms. The molecule has 2 heterocycles. The largest absolute Gasteiger partial charge is 0.496 e. The lowest BCUT2D eigenvalue weighted by Gasteiger charge is -2.33. The van der Waals surface area contributed by atoms with Gasteiger partial charge in [-0.3, -0.25) is 4.79 Å². The van der Waals surface area contributed by atoms with Gasteiger partial charge in [0.15, 0.2) is 0 Å². The van der Waals surface area contributed by atoms with Gasteiger partial charge in [-0.05, 0) is 56.7 Å². The van der Waals surface area contributed by atoms with Gasteiger partial charge in [0.1, 0.15) is 5.76 Å². The van der Waals surface area contributed by atoms with Crippen molar-refractivity contribution < 1.29 is 14.3 Å². The summed E-state index contributed by atoms with van der Waals surface area (Å²) in [5.74, 6) is 0.151. The van der Waals surface area contributed by atoms with Crippen molar-refractivity contribution >= 4 is 11.6 Å². The van der Waals surface area contributed by atoms with E-state index in [0.29, 0.717) is 52.1 Å². The van der Waals surface area contributed by atoms with E-state index in [1.165, 1.54) is 13.5 Å². The number of methoxy groups -OCH3 is 1. The molecule has 1 fully saturated rings. The molecule has 0 spiro atoms. The molecule has 0 saturated heterocycles. The monoisotopic (exact) mass is 434 g/mol. The Labute approximate surface area is 189 Å². The van der Waals surface area contributed by atoms with E-state index in [4.69, 9.17) is 15.2 Å². The van der Waals surface area contributed by atoms with Crippen LogP contribution < -0.4 is 15.8 Å². The highest BCUT2D eigenvalue weighted by Crippen LogP contribution is 2.48. The van der Waals surface area contributed by atoms with Gasteiger partial charge in [0.25, 0.3) is 0 Å². The lowest BCUT2D eigenvalue weighted by atomic mass is 9.79. The smallest absolute Gasteiger partial charge is 0.247 e. The van der Waals surface area contributed by atoms with Crippen molar-refractivity contribution in [1.82, 2.24) is 4.98 Å². The summed E-state index contributed by atoms with van der Waals surface area (Å²) in [7, 11) is 1.51. The molecule has 7 heteroatoms. The van der Waals surface area contributed by atoms with Crippen LogP contribution in [0.5, 0.6) is 5.88 Å². The zero-order valence-corrected chi connectivity index (χ0v) is 19.1. The van der Waals surface area contributed by atoms with Crippen LogP contribution in [0.25, 0.3) is 0 Å². The van der Waals surface area contributed by atoms with Crippen molar-refractivity contribution in [3.05, 3.63) is 64.2 Å². The van der Waals surface area contributed by atoms with Gasteiger partial charge in [-0.1, -0.05) is 19.1 Å². The number of pyridine rings is 1. The Morgan fingerprint density at radius 2 is 2.16 bits per heavy atom. The van der Waals surface area contributed by atoms with Gasteiger partial charge in [0.05, 0.1) is 42.5 Å². The second kappa shape index (κ2) is 9.73. The summed E-state index contributed by atoms with van der Waals surface area (Å²) < 4.78 is 11.7. The van der Waals surface area contributed by atoms with Crippen LogP contribution in [-0.2, 0) is 9.53 Å². The molecule has 3 N–H and O–H groups in total. The average Bonchev–Trinajstić information content (AvgIpc) is 2.73. The van der Waals surface area contributed by atoms with Crippen molar-refractivity contribution in [1.29, 1.82) is 5.26 Å². The first-order chi connectivity index (χ1) is 15.3. The number of fused-ring (bicyclic) bond motifs is 1. The fourth-order valence-electron chi connectivity index (χ4n) is 4.05. The summed E-state index contributed by atoms with van der Waals surface area (Å²) in [5, 5.41) is 12.7. The third kappa shape index (κ3) is 4.40. The molecule has 1 aliphatic heterocycles. The molecule has 168 valence electrons. The summed E-state index contributed by atoms with van der Waals surface area (Å²) in [6, 6.07) is 2.11. The van der Waals surface area contributed by atoms with Gasteiger partial charge < -0.3 is 20.5 Å². The van der Waals surface area contributed by atoms with E-state index in [-0.39, 0.29) is 0 Å². The summed E-state index contributed by atoms with van der Waals surface area (Å²) in [6.45, 7) is 10.3. The first-order valence-electron chi connectivity index (χ1n) is 10.7. The first kappa shape index (κ1) is 23.1. The number of nitrogens with one attached hydrogen (secondary N) is 1. The Bertz CT molecular complexity index is 1070. The lowest BCUT2D eigenvalue weighted by Crippen LogP contribution is -2.29. The third-order valence-electron chi connectivity index (χ3n) is 6.12. The quantitative estimate of drug-likeness (QED) is 0.357. The molecular weight excluding hydrogens is 404 g/mol. The number of nitriles is 1. The lowest BCUT2D eigenvalue weighted by molar-refractivity contribution is -0.114. The molecule has 3 rings (SSSR count). The van der Waals surface area contributed by atoms with Gasteiger partial charge in [-0.15, -0.1) is 0 Å². The number of aryl methyl sites for hydroxylation is 1. The molecule has 1 saturated carbocycles. The summed E-state index contributed by atoms with van der Waals surface area (Å²) in [4.78, 5) is 17.1. The molecule has 1 aliphatic carbocycles. The molecule has 1 atom stereocenters. The highest BCUT2D eigenvalue weighted by Gasteiger charge is 2.37. The van der Waals surface area contributed by atoms with E-state index in [2.05, 4.69) is 22.9 Å². The van der Waals surface area contributed by atoms with E-state index in [0.717, 1.165) is 24.1 Å². The van der Waals surface area contributed by atoms with Gasteiger partial charge in [0, 0.05) is 17.5 Å². The Kier molecular flexibility index (Phi) is 7.04. The Hall–Kier alpha value is -3.53. The number of amides is 1.